The first-order chi connectivity index (χ1) is 14.3. The molecule has 0 spiro atoms. The molecule has 4 rings (SSSR count). The molecule has 1 amide bonds. The summed E-state index contributed by atoms with van der Waals surface area (Å²) in [5, 5.41) is 4.05. The van der Waals surface area contributed by atoms with Crippen molar-refractivity contribution in [3.05, 3.63) is 58.8 Å². The normalized spacial score (nSPS) is 17.7. The number of carbonyl (C=O) groups excluding carboxylic acids is 1. The minimum absolute atomic E-state index is 0.208. The molecule has 0 bridgehead atoms. The van der Waals surface area contributed by atoms with E-state index >= 15 is 0 Å². The number of halogens is 3. The molecule has 158 valence electrons. The van der Waals surface area contributed by atoms with Crippen LogP contribution in [0.4, 0.5) is 8.78 Å². The van der Waals surface area contributed by atoms with Gasteiger partial charge < -0.3 is 10.3 Å². The highest BCUT2D eigenvalue weighted by Crippen LogP contribution is 2.32. The third kappa shape index (κ3) is 4.29. The van der Waals surface area contributed by atoms with Gasteiger partial charge in [0.2, 0.25) is 0 Å². The Labute approximate surface area is 177 Å². The fraction of sp³-hybridized carbons (Fsp3) is 0.381. The molecule has 30 heavy (non-hydrogen) atoms. The van der Waals surface area contributed by atoms with Crippen molar-refractivity contribution in [1.29, 1.82) is 0 Å². The van der Waals surface area contributed by atoms with Gasteiger partial charge in [0.05, 0.1) is 16.6 Å². The zero-order valence-corrected chi connectivity index (χ0v) is 17.2. The predicted molar refractivity (Wildman–Crippen MR) is 111 cm³/mol. The molecule has 1 fully saturated rings. The molecular formula is C21H22ClF2N5O. The summed E-state index contributed by atoms with van der Waals surface area (Å²) >= 11 is 6.41. The van der Waals surface area contributed by atoms with Crippen molar-refractivity contribution in [2.45, 2.75) is 31.7 Å². The Morgan fingerprint density at radius 1 is 1.27 bits per heavy atom. The van der Waals surface area contributed by atoms with Gasteiger partial charge in [0, 0.05) is 67.5 Å². The van der Waals surface area contributed by atoms with Crippen LogP contribution in [-0.4, -0.2) is 51.3 Å². The molecule has 0 unspecified atom stereocenters. The number of piperidine rings is 1. The number of aromatic nitrogens is 3. The Bertz CT molecular complexity index is 1040. The number of nitrogens with one attached hydrogen (secondary N) is 2. The average Bonchev–Trinajstić information content (AvgIpc) is 3.20. The number of hydrogen-bond acceptors (Lipinski definition) is 4. The molecule has 1 aromatic carbocycles. The van der Waals surface area contributed by atoms with Crippen LogP contribution in [0, 0.1) is 6.92 Å². The standard InChI is InChI=1S/C21H22ClF2N5O/c1-13-26-10-14(11-27-13)18(29-8-5-21(23,24)6-9-29)12-28-20(30)16-2-3-17-15(19(16)22)4-7-25-17/h2-4,7,10-11,18,25H,5-6,8-9,12H2,1H3,(H,28,30)/t18-/m0/s1. The molecule has 2 aromatic heterocycles. The lowest BCUT2D eigenvalue weighted by Crippen LogP contribution is -2.45. The number of aromatic amines is 1. The quantitative estimate of drug-likeness (QED) is 0.634. The Morgan fingerprint density at radius 2 is 1.97 bits per heavy atom. The minimum Gasteiger partial charge on any atom is -0.361 e. The van der Waals surface area contributed by atoms with E-state index in [0.29, 0.717) is 16.4 Å². The van der Waals surface area contributed by atoms with Crippen LogP contribution < -0.4 is 5.32 Å². The van der Waals surface area contributed by atoms with E-state index in [1.165, 1.54) is 0 Å². The monoisotopic (exact) mass is 433 g/mol. The fourth-order valence-electron chi connectivity index (χ4n) is 3.75. The SMILES string of the molecule is Cc1ncc([C@H](CNC(=O)c2ccc3[nH]ccc3c2Cl)N2CCC(F)(F)CC2)cn1. The molecule has 1 atom stereocenters. The Morgan fingerprint density at radius 3 is 2.67 bits per heavy atom. The summed E-state index contributed by atoms with van der Waals surface area (Å²) in [5.74, 6) is -2.34. The molecular weight excluding hydrogens is 412 g/mol. The topological polar surface area (TPSA) is 73.9 Å². The van der Waals surface area contributed by atoms with Crippen LogP contribution in [0.1, 0.15) is 40.6 Å². The summed E-state index contributed by atoms with van der Waals surface area (Å²) in [6.45, 7) is 2.48. The van der Waals surface area contributed by atoms with E-state index in [-0.39, 0.29) is 44.4 Å². The van der Waals surface area contributed by atoms with E-state index in [0.717, 1.165) is 16.5 Å². The molecule has 0 radical (unpaired) electrons. The smallest absolute Gasteiger partial charge is 0.252 e. The van der Waals surface area contributed by atoms with Crippen molar-refractivity contribution in [3.8, 4) is 0 Å². The number of rotatable bonds is 5. The Hall–Kier alpha value is -2.58. The van der Waals surface area contributed by atoms with Crippen molar-refractivity contribution < 1.29 is 13.6 Å². The second-order valence-corrected chi connectivity index (χ2v) is 7.93. The maximum atomic E-state index is 13.6. The number of amides is 1. The third-order valence-electron chi connectivity index (χ3n) is 5.53. The van der Waals surface area contributed by atoms with Crippen LogP contribution in [0.2, 0.25) is 5.02 Å². The molecule has 3 aromatic rings. The molecule has 1 aliphatic rings. The second-order valence-electron chi connectivity index (χ2n) is 7.55. The number of benzene rings is 1. The van der Waals surface area contributed by atoms with Crippen LogP contribution in [0.15, 0.2) is 36.8 Å². The lowest BCUT2D eigenvalue weighted by molar-refractivity contribution is -0.0632. The molecule has 0 saturated carbocycles. The van der Waals surface area contributed by atoms with Crippen LogP contribution in [0.5, 0.6) is 0 Å². The Balaban J connectivity index is 1.53. The van der Waals surface area contributed by atoms with Crippen molar-refractivity contribution in [2.75, 3.05) is 19.6 Å². The zero-order chi connectivity index (χ0) is 21.3. The van der Waals surface area contributed by atoms with Gasteiger partial charge in [-0.2, -0.15) is 0 Å². The number of hydrogen-bond donors (Lipinski definition) is 2. The van der Waals surface area contributed by atoms with Gasteiger partial charge in [-0.1, -0.05) is 11.6 Å². The summed E-state index contributed by atoms with van der Waals surface area (Å²) in [4.78, 5) is 26.3. The van der Waals surface area contributed by atoms with E-state index in [1.54, 1.807) is 37.6 Å². The summed E-state index contributed by atoms with van der Waals surface area (Å²) in [6.07, 6.45) is 4.72. The first-order valence-corrected chi connectivity index (χ1v) is 10.2. The van der Waals surface area contributed by atoms with Gasteiger partial charge in [0.15, 0.2) is 0 Å². The second kappa shape index (κ2) is 8.28. The minimum atomic E-state index is -2.65. The third-order valence-corrected chi connectivity index (χ3v) is 5.93. The van der Waals surface area contributed by atoms with Crippen molar-refractivity contribution in [3.63, 3.8) is 0 Å². The van der Waals surface area contributed by atoms with Crippen LogP contribution in [0.3, 0.4) is 0 Å². The van der Waals surface area contributed by atoms with Gasteiger partial charge >= 0.3 is 0 Å². The van der Waals surface area contributed by atoms with Gasteiger partial charge in [-0.15, -0.1) is 0 Å². The number of H-pyrrole nitrogens is 1. The largest absolute Gasteiger partial charge is 0.361 e. The number of alkyl halides is 2. The summed E-state index contributed by atoms with van der Waals surface area (Å²) in [6, 6.07) is 4.98. The van der Waals surface area contributed by atoms with E-state index in [9.17, 15) is 13.6 Å². The fourth-order valence-corrected chi connectivity index (χ4v) is 4.07. The lowest BCUT2D eigenvalue weighted by Gasteiger charge is -2.37. The molecule has 0 aliphatic carbocycles. The maximum absolute atomic E-state index is 13.6. The molecule has 2 N–H and O–H groups in total. The van der Waals surface area contributed by atoms with Crippen LogP contribution in [-0.2, 0) is 0 Å². The first-order valence-electron chi connectivity index (χ1n) is 9.78. The van der Waals surface area contributed by atoms with Crippen LogP contribution >= 0.6 is 11.6 Å². The molecule has 1 saturated heterocycles. The molecule has 6 nitrogen and oxygen atoms in total. The predicted octanol–water partition coefficient (Wildman–Crippen LogP) is 4.12. The first kappa shape index (κ1) is 20.7. The zero-order valence-electron chi connectivity index (χ0n) is 16.5. The molecule has 1 aliphatic heterocycles. The highest BCUT2D eigenvalue weighted by Gasteiger charge is 2.36. The van der Waals surface area contributed by atoms with E-state index < -0.39 is 5.92 Å². The maximum Gasteiger partial charge on any atom is 0.252 e. The van der Waals surface area contributed by atoms with Crippen molar-refractivity contribution >= 4 is 28.4 Å². The summed E-state index contributed by atoms with van der Waals surface area (Å²) < 4.78 is 27.3. The summed E-state index contributed by atoms with van der Waals surface area (Å²) in [5.41, 5.74) is 1.99. The number of fused-ring (bicyclic) bond motifs is 1. The van der Waals surface area contributed by atoms with Gasteiger partial charge in [-0.05, 0) is 25.1 Å². The van der Waals surface area contributed by atoms with Gasteiger partial charge in [0.25, 0.3) is 11.8 Å². The number of likely N-dealkylation sites (tertiary alicyclic amines) is 1. The average molecular weight is 434 g/mol. The number of nitrogens with zero attached hydrogens (tertiary/aromatic N) is 3. The number of aryl methyl sites for hydroxylation is 1. The van der Waals surface area contributed by atoms with E-state index in [4.69, 9.17) is 11.6 Å². The summed E-state index contributed by atoms with van der Waals surface area (Å²) in [7, 11) is 0. The Kier molecular flexibility index (Phi) is 5.71. The molecule has 9 heteroatoms. The van der Waals surface area contributed by atoms with Crippen molar-refractivity contribution in [2.24, 2.45) is 0 Å². The van der Waals surface area contributed by atoms with Gasteiger partial charge in [-0.25, -0.2) is 18.7 Å². The molecule has 3 heterocycles. The lowest BCUT2D eigenvalue weighted by atomic mass is 10.0. The van der Waals surface area contributed by atoms with Gasteiger partial charge in [0.1, 0.15) is 5.82 Å². The van der Waals surface area contributed by atoms with E-state index in [1.807, 2.05) is 11.0 Å². The van der Waals surface area contributed by atoms with Gasteiger partial charge in [-0.3, -0.25) is 9.69 Å². The number of carbonyl (C=O) groups is 1. The van der Waals surface area contributed by atoms with Crippen molar-refractivity contribution in [1.82, 2.24) is 25.2 Å². The van der Waals surface area contributed by atoms with E-state index in [2.05, 4.69) is 20.3 Å². The highest BCUT2D eigenvalue weighted by molar-refractivity contribution is 6.38. The van der Waals surface area contributed by atoms with Crippen LogP contribution in [0.25, 0.3) is 10.9 Å². The highest BCUT2D eigenvalue weighted by atomic mass is 35.5.